The van der Waals surface area contributed by atoms with E-state index in [1.54, 1.807) is 25.3 Å². The van der Waals surface area contributed by atoms with Gasteiger partial charge in [-0.1, -0.05) is 34.1 Å². The maximum absolute atomic E-state index is 12.4. The van der Waals surface area contributed by atoms with Gasteiger partial charge >= 0.3 is 0 Å². The van der Waals surface area contributed by atoms with E-state index in [1.807, 2.05) is 36.4 Å². The normalized spacial score (nSPS) is 10.5. The minimum atomic E-state index is -0.269. The number of ether oxygens (including phenoxy) is 2. The fourth-order valence-corrected chi connectivity index (χ4v) is 2.58. The molecule has 0 atom stereocenters. The number of rotatable bonds is 7. The highest BCUT2D eigenvalue weighted by Crippen LogP contribution is 2.22. The van der Waals surface area contributed by atoms with Gasteiger partial charge in [-0.3, -0.25) is 9.89 Å². The zero-order valence-electron chi connectivity index (χ0n) is 14.2. The number of anilines is 1. The molecule has 0 unspecified atom stereocenters. The molecular formula is C19H18BrN3O3. The van der Waals surface area contributed by atoms with Crippen LogP contribution in [-0.4, -0.2) is 36.4 Å². The number of methoxy groups -OCH3 is 1. The van der Waals surface area contributed by atoms with Crippen molar-refractivity contribution >= 4 is 27.5 Å². The predicted octanol–water partition coefficient (Wildman–Crippen LogP) is 4.12. The molecule has 0 bridgehead atoms. The lowest BCUT2D eigenvalue weighted by atomic mass is 10.1. The van der Waals surface area contributed by atoms with Gasteiger partial charge in [0.05, 0.1) is 12.3 Å². The Morgan fingerprint density at radius 3 is 2.73 bits per heavy atom. The van der Waals surface area contributed by atoms with Crippen LogP contribution in [-0.2, 0) is 4.74 Å². The molecule has 3 aromatic rings. The third-order valence-corrected chi connectivity index (χ3v) is 4.14. The number of H-pyrrole nitrogens is 1. The Hall–Kier alpha value is -2.64. The third-order valence-electron chi connectivity index (χ3n) is 3.61. The van der Waals surface area contributed by atoms with E-state index in [1.165, 1.54) is 0 Å². The largest absolute Gasteiger partial charge is 0.491 e. The summed E-state index contributed by atoms with van der Waals surface area (Å²) < 4.78 is 11.5. The summed E-state index contributed by atoms with van der Waals surface area (Å²) in [6.45, 7) is 0.953. The quantitative estimate of drug-likeness (QED) is 0.569. The molecule has 0 fully saturated rings. The highest BCUT2D eigenvalue weighted by molar-refractivity contribution is 9.10. The van der Waals surface area contributed by atoms with Crippen molar-refractivity contribution in [1.29, 1.82) is 0 Å². The number of halogens is 1. The molecular weight excluding hydrogens is 398 g/mol. The molecule has 0 saturated heterocycles. The first-order chi connectivity index (χ1) is 12.7. The summed E-state index contributed by atoms with van der Waals surface area (Å²) >= 11 is 3.40. The predicted molar refractivity (Wildman–Crippen MR) is 103 cm³/mol. The molecule has 1 heterocycles. The Balaban J connectivity index is 1.67. The van der Waals surface area contributed by atoms with Gasteiger partial charge in [0.15, 0.2) is 0 Å². The van der Waals surface area contributed by atoms with E-state index in [9.17, 15) is 4.79 Å². The Kier molecular flexibility index (Phi) is 6.04. The van der Waals surface area contributed by atoms with Crippen molar-refractivity contribution in [3.63, 3.8) is 0 Å². The van der Waals surface area contributed by atoms with Gasteiger partial charge in [-0.2, -0.15) is 5.10 Å². The van der Waals surface area contributed by atoms with Crippen LogP contribution in [0, 0.1) is 0 Å². The maximum atomic E-state index is 12.4. The van der Waals surface area contributed by atoms with Gasteiger partial charge in [0.1, 0.15) is 18.1 Å². The van der Waals surface area contributed by atoms with Crippen LogP contribution >= 0.6 is 15.9 Å². The monoisotopic (exact) mass is 415 g/mol. The standard InChI is InChI=1S/C19H18BrN3O3/c1-25-9-10-26-16-4-2-3-15(11-16)21-19(24)18-12-17(22-23-18)13-5-7-14(20)8-6-13/h2-8,11-12H,9-10H2,1H3,(H,21,24)(H,22,23). The zero-order valence-corrected chi connectivity index (χ0v) is 15.7. The number of hydrogen-bond donors (Lipinski definition) is 2. The average Bonchev–Trinajstić information content (AvgIpc) is 3.13. The van der Waals surface area contributed by atoms with Crippen molar-refractivity contribution in [3.05, 3.63) is 64.8 Å². The summed E-state index contributed by atoms with van der Waals surface area (Å²) in [5.41, 5.74) is 2.66. The highest BCUT2D eigenvalue weighted by atomic mass is 79.9. The van der Waals surface area contributed by atoms with Crippen molar-refractivity contribution in [2.45, 2.75) is 0 Å². The molecule has 26 heavy (non-hydrogen) atoms. The van der Waals surface area contributed by atoms with Gasteiger partial charge in [0.25, 0.3) is 5.91 Å². The van der Waals surface area contributed by atoms with Crippen LogP contribution in [0.25, 0.3) is 11.3 Å². The van der Waals surface area contributed by atoms with Crippen LogP contribution in [0.3, 0.4) is 0 Å². The number of aromatic amines is 1. The first kappa shape index (κ1) is 18.2. The smallest absolute Gasteiger partial charge is 0.273 e. The first-order valence-corrected chi connectivity index (χ1v) is 8.79. The number of amides is 1. The molecule has 6 nitrogen and oxygen atoms in total. The van der Waals surface area contributed by atoms with Crippen molar-refractivity contribution < 1.29 is 14.3 Å². The van der Waals surface area contributed by atoms with Crippen LogP contribution in [0.2, 0.25) is 0 Å². The summed E-state index contributed by atoms with van der Waals surface area (Å²) in [7, 11) is 1.62. The van der Waals surface area contributed by atoms with Gasteiger partial charge in [-0.05, 0) is 30.3 Å². The van der Waals surface area contributed by atoms with Crippen LogP contribution in [0.15, 0.2) is 59.1 Å². The Morgan fingerprint density at radius 1 is 1.15 bits per heavy atom. The van der Waals surface area contributed by atoms with Crippen LogP contribution in [0.1, 0.15) is 10.5 Å². The summed E-state index contributed by atoms with van der Waals surface area (Å²) in [4.78, 5) is 12.4. The molecule has 2 N–H and O–H groups in total. The number of aromatic nitrogens is 2. The second-order valence-electron chi connectivity index (χ2n) is 5.50. The molecule has 0 aliphatic carbocycles. The van der Waals surface area contributed by atoms with Crippen LogP contribution in [0.4, 0.5) is 5.69 Å². The van der Waals surface area contributed by atoms with Crippen molar-refractivity contribution in [3.8, 4) is 17.0 Å². The lowest BCUT2D eigenvalue weighted by Gasteiger charge is -2.08. The molecule has 3 rings (SSSR count). The Labute approximate surface area is 159 Å². The van der Waals surface area contributed by atoms with Crippen molar-refractivity contribution in [2.24, 2.45) is 0 Å². The molecule has 0 saturated carbocycles. The number of nitrogens with zero attached hydrogens (tertiary/aromatic N) is 1. The number of carbonyl (C=O) groups is 1. The van der Waals surface area contributed by atoms with E-state index in [0.29, 0.717) is 36.0 Å². The van der Waals surface area contributed by atoms with Crippen molar-refractivity contribution in [1.82, 2.24) is 10.2 Å². The van der Waals surface area contributed by atoms with Crippen molar-refractivity contribution in [2.75, 3.05) is 25.6 Å². The van der Waals surface area contributed by atoms with E-state index >= 15 is 0 Å². The molecule has 1 aromatic heterocycles. The van der Waals surface area contributed by atoms with Gasteiger partial charge < -0.3 is 14.8 Å². The molecule has 0 radical (unpaired) electrons. The summed E-state index contributed by atoms with van der Waals surface area (Å²) in [6, 6.07) is 16.7. The molecule has 1 amide bonds. The zero-order chi connectivity index (χ0) is 18.4. The van der Waals surface area contributed by atoms with E-state index in [4.69, 9.17) is 9.47 Å². The molecule has 0 aliphatic rings. The second-order valence-corrected chi connectivity index (χ2v) is 6.41. The topological polar surface area (TPSA) is 76.2 Å². The number of nitrogens with one attached hydrogen (secondary N) is 2. The Morgan fingerprint density at radius 2 is 1.96 bits per heavy atom. The molecule has 0 aliphatic heterocycles. The summed E-state index contributed by atoms with van der Waals surface area (Å²) in [6.07, 6.45) is 0. The van der Waals surface area contributed by atoms with Gasteiger partial charge in [-0.25, -0.2) is 0 Å². The minimum absolute atomic E-state index is 0.269. The van der Waals surface area contributed by atoms with E-state index in [2.05, 4.69) is 31.4 Å². The maximum Gasteiger partial charge on any atom is 0.273 e. The average molecular weight is 416 g/mol. The third kappa shape index (κ3) is 4.71. The molecule has 134 valence electrons. The first-order valence-electron chi connectivity index (χ1n) is 8.00. The summed E-state index contributed by atoms with van der Waals surface area (Å²) in [5.74, 6) is 0.398. The lowest BCUT2D eigenvalue weighted by molar-refractivity contribution is 0.102. The SMILES string of the molecule is COCCOc1cccc(NC(=O)c2cc(-c3ccc(Br)cc3)n[nH]2)c1. The lowest BCUT2D eigenvalue weighted by Crippen LogP contribution is -2.12. The number of hydrogen-bond acceptors (Lipinski definition) is 4. The number of carbonyl (C=O) groups excluding carboxylic acids is 1. The second kappa shape index (κ2) is 8.64. The highest BCUT2D eigenvalue weighted by Gasteiger charge is 2.12. The Bertz CT molecular complexity index is 878. The fourth-order valence-electron chi connectivity index (χ4n) is 2.31. The summed E-state index contributed by atoms with van der Waals surface area (Å²) in [5, 5.41) is 9.81. The van der Waals surface area contributed by atoms with E-state index in [0.717, 1.165) is 10.0 Å². The van der Waals surface area contributed by atoms with Gasteiger partial charge in [0.2, 0.25) is 0 Å². The minimum Gasteiger partial charge on any atom is -0.491 e. The van der Waals surface area contributed by atoms with E-state index in [-0.39, 0.29) is 5.91 Å². The molecule has 0 spiro atoms. The van der Waals surface area contributed by atoms with Gasteiger partial charge in [-0.15, -0.1) is 0 Å². The van der Waals surface area contributed by atoms with Crippen LogP contribution < -0.4 is 10.1 Å². The fraction of sp³-hybridized carbons (Fsp3) is 0.158. The number of benzene rings is 2. The molecule has 2 aromatic carbocycles. The van der Waals surface area contributed by atoms with Crippen LogP contribution in [0.5, 0.6) is 5.75 Å². The molecule has 7 heteroatoms. The van der Waals surface area contributed by atoms with Gasteiger partial charge in [0, 0.05) is 28.9 Å². The van der Waals surface area contributed by atoms with E-state index < -0.39 is 0 Å².